The van der Waals surface area contributed by atoms with Gasteiger partial charge in [-0.15, -0.1) is 0 Å². The summed E-state index contributed by atoms with van der Waals surface area (Å²) in [5.74, 6) is 1.46. The molecular formula is C20H30N2O5. The number of benzene rings is 1. The Morgan fingerprint density at radius 1 is 1.26 bits per heavy atom. The topological polar surface area (TPSA) is 72.8 Å². The molecule has 1 aliphatic heterocycles. The molecule has 27 heavy (non-hydrogen) atoms. The van der Waals surface area contributed by atoms with E-state index in [-0.39, 0.29) is 12.7 Å². The molecule has 2 aliphatic rings. The number of methoxy groups -OCH3 is 1. The third kappa shape index (κ3) is 6.37. The van der Waals surface area contributed by atoms with Crippen molar-refractivity contribution < 1.29 is 24.2 Å². The quantitative estimate of drug-likeness (QED) is 0.524. The number of rotatable bonds is 9. The summed E-state index contributed by atoms with van der Waals surface area (Å²) in [6, 6.07) is 5.68. The van der Waals surface area contributed by atoms with Gasteiger partial charge in [0.25, 0.3) is 0 Å². The minimum atomic E-state index is -0.572. The number of morpholine rings is 1. The highest BCUT2D eigenvalue weighted by Crippen LogP contribution is 2.32. The van der Waals surface area contributed by atoms with Gasteiger partial charge in [-0.05, 0) is 43.9 Å². The highest BCUT2D eigenvalue weighted by Gasteiger charge is 2.18. The molecule has 1 N–H and O–H groups in total. The van der Waals surface area contributed by atoms with Gasteiger partial charge in [-0.2, -0.15) is 0 Å². The van der Waals surface area contributed by atoms with Gasteiger partial charge in [-0.1, -0.05) is 5.16 Å². The van der Waals surface area contributed by atoms with E-state index in [4.69, 9.17) is 19.0 Å². The number of nitrogens with zero attached hydrogens (tertiary/aromatic N) is 2. The van der Waals surface area contributed by atoms with Crippen LogP contribution < -0.4 is 9.47 Å². The third-order valence-electron chi connectivity index (χ3n) is 4.90. The lowest BCUT2D eigenvalue weighted by molar-refractivity contribution is -0.0128. The van der Waals surface area contributed by atoms with Gasteiger partial charge in [0.15, 0.2) is 11.5 Å². The van der Waals surface area contributed by atoms with Gasteiger partial charge in [0, 0.05) is 25.2 Å². The number of ether oxygens (including phenoxy) is 3. The second-order valence-electron chi connectivity index (χ2n) is 7.03. The van der Waals surface area contributed by atoms with Crippen molar-refractivity contribution in [2.75, 3.05) is 46.6 Å². The fourth-order valence-electron chi connectivity index (χ4n) is 3.41. The van der Waals surface area contributed by atoms with Gasteiger partial charge in [-0.25, -0.2) is 0 Å². The van der Waals surface area contributed by atoms with E-state index in [0.29, 0.717) is 19.8 Å². The molecule has 7 nitrogen and oxygen atoms in total. The number of hydrogen-bond acceptors (Lipinski definition) is 7. The van der Waals surface area contributed by atoms with E-state index in [1.165, 1.54) is 12.8 Å². The zero-order valence-electron chi connectivity index (χ0n) is 16.0. The molecule has 0 amide bonds. The lowest BCUT2D eigenvalue weighted by atomic mass is 10.2. The van der Waals surface area contributed by atoms with Crippen molar-refractivity contribution in [1.82, 2.24) is 4.90 Å². The molecule has 3 rings (SSSR count). The van der Waals surface area contributed by atoms with Gasteiger partial charge in [-0.3, -0.25) is 4.90 Å². The Labute approximate surface area is 160 Å². The number of β-amino-alcohol motifs (C(OH)–C–C–N with tert-alkyl or cyclic N) is 1. The molecule has 0 bridgehead atoms. The molecule has 1 aliphatic carbocycles. The second kappa shape index (κ2) is 10.5. The van der Waals surface area contributed by atoms with E-state index < -0.39 is 6.10 Å². The normalized spacial score (nSPS) is 20.1. The third-order valence-corrected chi connectivity index (χ3v) is 4.90. The first-order chi connectivity index (χ1) is 13.2. The lowest BCUT2D eigenvalue weighted by Gasteiger charge is -2.28. The Morgan fingerprint density at radius 2 is 2.04 bits per heavy atom. The zero-order chi connectivity index (χ0) is 18.9. The van der Waals surface area contributed by atoms with Crippen LogP contribution in [0.25, 0.3) is 0 Å². The number of hydrogen-bond donors (Lipinski definition) is 1. The molecule has 1 saturated heterocycles. The van der Waals surface area contributed by atoms with E-state index in [1.54, 1.807) is 13.3 Å². The van der Waals surface area contributed by atoms with E-state index in [1.807, 2.05) is 18.2 Å². The van der Waals surface area contributed by atoms with Crippen LogP contribution in [0.1, 0.15) is 31.2 Å². The van der Waals surface area contributed by atoms with Crippen LogP contribution in [0.4, 0.5) is 0 Å². The van der Waals surface area contributed by atoms with Crippen LogP contribution in [-0.2, 0) is 9.57 Å². The minimum Gasteiger partial charge on any atom is -0.493 e. The molecule has 2 fully saturated rings. The molecule has 0 radical (unpaired) electrons. The molecule has 7 heteroatoms. The van der Waals surface area contributed by atoms with Gasteiger partial charge in [0.05, 0.1) is 32.6 Å². The van der Waals surface area contributed by atoms with Crippen molar-refractivity contribution >= 4 is 6.21 Å². The summed E-state index contributed by atoms with van der Waals surface area (Å²) < 4.78 is 16.8. The summed E-state index contributed by atoms with van der Waals surface area (Å²) in [5, 5.41) is 14.0. The average Bonchev–Trinajstić information content (AvgIpc) is 3.19. The fourth-order valence-corrected chi connectivity index (χ4v) is 3.41. The van der Waals surface area contributed by atoms with Gasteiger partial charge >= 0.3 is 0 Å². The summed E-state index contributed by atoms with van der Waals surface area (Å²) >= 11 is 0. The fraction of sp³-hybridized carbons (Fsp3) is 0.650. The van der Waals surface area contributed by atoms with Gasteiger partial charge < -0.3 is 24.2 Å². The molecular weight excluding hydrogens is 348 g/mol. The van der Waals surface area contributed by atoms with E-state index in [2.05, 4.69) is 10.1 Å². The Bertz CT molecular complexity index is 598. The molecule has 1 saturated carbocycles. The maximum Gasteiger partial charge on any atom is 0.162 e. The minimum absolute atomic E-state index is 0.162. The summed E-state index contributed by atoms with van der Waals surface area (Å²) in [5.41, 5.74) is 0.867. The van der Waals surface area contributed by atoms with Gasteiger partial charge in [0.2, 0.25) is 0 Å². The highest BCUT2D eigenvalue weighted by molar-refractivity contribution is 5.80. The molecule has 0 aromatic heterocycles. The lowest BCUT2D eigenvalue weighted by Crippen LogP contribution is -2.42. The van der Waals surface area contributed by atoms with Crippen molar-refractivity contribution in [3.8, 4) is 11.5 Å². The van der Waals surface area contributed by atoms with Crippen LogP contribution >= 0.6 is 0 Å². The van der Waals surface area contributed by atoms with Gasteiger partial charge in [0.1, 0.15) is 12.7 Å². The monoisotopic (exact) mass is 378 g/mol. The van der Waals surface area contributed by atoms with Crippen molar-refractivity contribution in [3.05, 3.63) is 23.8 Å². The maximum atomic E-state index is 10.1. The standard InChI is InChI=1S/C20H30N2O5/c1-24-19-7-6-16(12-20(19)27-18-4-2-3-5-18)13-21-26-15-17(23)14-22-8-10-25-11-9-22/h6-7,12-13,17-18,23H,2-5,8-11,14-15H2,1H3/b21-13+/t17-/m1/s1. The van der Waals surface area contributed by atoms with Crippen molar-refractivity contribution in [2.45, 2.75) is 37.9 Å². The predicted octanol–water partition coefficient (Wildman–Crippen LogP) is 2.06. The smallest absolute Gasteiger partial charge is 0.162 e. The van der Waals surface area contributed by atoms with E-state index >= 15 is 0 Å². The summed E-state index contributed by atoms with van der Waals surface area (Å²) in [6.07, 6.45) is 5.93. The van der Waals surface area contributed by atoms with E-state index in [9.17, 15) is 5.11 Å². The van der Waals surface area contributed by atoms with E-state index in [0.717, 1.165) is 43.0 Å². The molecule has 1 heterocycles. The number of oxime groups is 1. The molecule has 0 unspecified atom stereocenters. The first-order valence-electron chi connectivity index (χ1n) is 9.73. The van der Waals surface area contributed by atoms with Crippen LogP contribution in [-0.4, -0.2) is 75.0 Å². The molecule has 1 aromatic rings. The van der Waals surface area contributed by atoms with Crippen molar-refractivity contribution in [3.63, 3.8) is 0 Å². The maximum absolute atomic E-state index is 10.1. The summed E-state index contributed by atoms with van der Waals surface area (Å²) in [7, 11) is 1.64. The molecule has 0 spiro atoms. The average molecular weight is 378 g/mol. The van der Waals surface area contributed by atoms with Crippen LogP contribution in [0, 0.1) is 0 Å². The first kappa shape index (κ1) is 19.9. The summed E-state index contributed by atoms with van der Waals surface area (Å²) in [6.45, 7) is 3.85. The zero-order valence-corrected chi connectivity index (χ0v) is 16.0. The van der Waals surface area contributed by atoms with Crippen molar-refractivity contribution in [2.24, 2.45) is 5.16 Å². The first-order valence-corrected chi connectivity index (χ1v) is 9.73. The Balaban J connectivity index is 1.47. The SMILES string of the molecule is COc1ccc(/C=N/OC[C@H](O)CN2CCOCC2)cc1OC1CCCC1. The Morgan fingerprint density at radius 3 is 2.78 bits per heavy atom. The molecule has 1 atom stereocenters. The molecule has 150 valence electrons. The number of aliphatic hydroxyl groups is 1. The second-order valence-corrected chi connectivity index (χ2v) is 7.03. The van der Waals surface area contributed by atoms with Crippen LogP contribution in [0.3, 0.4) is 0 Å². The largest absolute Gasteiger partial charge is 0.493 e. The number of aliphatic hydroxyl groups excluding tert-OH is 1. The highest BCUT2D eigenvalue weighted by atomic mass is 16.6. The predicted molar refractivity (Wildman–Crippen MR) is 103 cm³/mol. The Kier molecular flexibility index (Phi) is 7.74. The molecule has 1 aromatic carbocycles. The van der Waals surface area contributed by atoms with Crippen LogP contribution in [0.15, 0.2) is 23.4 Å². The Hall–Kier alpha value is -1.83. The van der Waals surface area contributed by atoms with Crippen molar-refractivity contribution in [1.29, 1.82) is 0 Å². The van der Waals surface area contributed by atoms with Crippen LogP contribution in [0.2, 0.25) is 0 Å². The summed E-state index contributed by atoms with van der Waals surface area (Å²) in [4.78, 5) is 7.42. The van der Waals surface area contributed by atoms with Crippen LogP contribution in [0.5, 0.6) is 11.5 Å².